The van der Waals surface area contributed by atoms with Crippen molar-refractivity contribution >= 4 is 32.9 Å². The van der Waals surface area contributed by atoms with E-state index in [4.69, 9.17) is 14.5 Å². The number of methoxy groups -OCH3 is 2. The third-order valence-corrected chi connectivity index (χ3v) is 7.23. The molecule has 1 aliphatic rings. The van der Waals surface area contributed by atoms with Crippen LogP contribution in [0.5, 0.6) is 11.5 Å². The predicted octanol–water partition coefficient (Wildman–Crippen LogP) is 4.29. The summed E-state index contributed by atoms with van der Waals surface area (Å²) in [4.78, 5) is 24.8. The Kier molecular flexibility index (Phi) is 5.06. The molecule has 8 heteroatoms. The molecule has 1 N–H and O–H groups in total. The van der Waals surface area contributed by atoms with Crippen molar-refractivity contribution in [2.45, 2.75) is 19.5 Å². The van der Waals surface area contributed by atoms with E-state index in [2.05, 4.69) is 16.0 Å². The van der Waals surface area contributed by atoms with Gasteiger partial charge in [-0.25, -0.2) is 4.98 Å². The van der Waals surface area contributed by atoms with E-state index >= 15 is 0 Å². The molecule has 5 rings (SSSR count). The SMILES string of the molecule is COc1cc2c(cc1OC)CN(Cc1nc3scc(-c4cccs4)c3c(=O)[nH]1)CC2. The van der Waals surface area contributed by atoms with Crippen molar-refractivity contribution in [2.75, 3.05) is 20.8 Å². The van der Waals surface area contributed by atoms with Gasteiger partial charge < -0.3 is 14.5 Å². The minimum absolute atomic E-state index is 0.0662. The molecule has 30 heavy (non-hydrogen) atoms. The van der Waals surface area contributed by atoms with Gasteiger partial charge in [0, 0.05) is 28.9 Å². The van der Waals surface area contributed by atoms with Crippen LogP contribution in [0.3, 0.4) is 0 Å². The van der Waals surface area contributed by atoms with Crippen LogP contribution < -0.4 is 15.0 Å². The van der Waals surface area contributed by atoms with Crippen molar-refractivity contribution in [2.24, 2.45) is 0 Å². The summed E-state index contributed by atoms with van der Waals surface area (Å²) in [6.45, 7) is 2.28. The molecule has 6 nitrogen and oxygen atoms in total. The maximum atomic E-state index is 12.8. The molecule has 1 aliphatic heterocycles. The van der Waals surface area contributed by atoms with Crippen LogP contribution in [0.2, 0.25) is 0 Å². The van der Waals surface area contributed by atoms with Gasteiger partial charge in [0.25, 0.3) is 5.56 Å². The number of hydrogen-bond donors (Lipinski definition) is 1. The molecule has 0 radical (unpaired) electrons. The molecule has 0 unspecified atom stereocenters. The van der Waals surface area contributed by atoms with E-state index in [1.165, 1.54) is 22.5 Å². The highest BCUT2D eigenvalue weighted by atomic mass is 32.1. The molecular formula is C22H21N3O3S2. The molecule has 0 atom stereocenters. The van der Waals surface area contributed by atoms with Crippen LogP contribution >= 0.6 is 22.7 Å². The van der Waals surface area contributed by atoms with Gasteiger partial charge in [-0.1, -0.05) is 6.07 Å². The van der Waals surface area contributed by atoms with Crippen LogP contribution in [0.1, 0.15) is 17.0 Å². The number of fused-ring (bicyclic) bond motifs is 2. The molecule has 0 bridgehead atoms. The molecule has 3 aromatic heterocycles. The number of H-pyrrole nitrogens is 1. The van der Waals surface area contributed by atoms with Crippen LogP contribution in [0.25, 0.3) is 20.7 Å². The van der Waals surface area contributed by atoms with Gasteiger partial charge in [-0.15, -0.1) is 22.7 Å². The summed E-state index contributed by atoms with van der Waals surface area (Å²) >= 11 is 3.16. The van der Waals surface area contributed by atoms with Crippen LogP contribution in [0, 0.1) is 0 Å². The van der Waals surface area contributed by atoms with Crippen molar-refractivity contribution in [3.8, 4) is 21.9 Å². The number of hydrogen-bond acceptors (Lipinski definition) is 7. The highest BCUT2D eigenvalue weighted by molar-refractivity contribution is 7.18. The lowest BCUT2D eigenvalue weighted by Gasteiger charge is -2.29. The highest BCUT2D eigenvalue weighted by Crippen LogP contribution is 2.35. The van der Waals surface area contributed by atoms with Crippen molar-refractivity contribution in [3.63, 3.8) is 0 Å². The largest absolute Gasteiger partial charge is 0.493 e. The van der Waals surface area contributed by atoms with Crippen LogP contribution in [0.15, 0.2) is 39.8 Å². The van der Waals surface area contributed by atoms with Crippen molar-refractivity contribution in [1.82, 2.24) is 14.9 Å². The maximum absolute atomic E-state index is 12.8. The van der Waals surface area contributed by atoms with Gasteiger partial charge in [-0.2, -0.15) is 0 Å². The average molecular weight is 440 g/mol. The van der Waals surface area contributed by atoms with E-state index in [1.54, 1.807) is 25.6 Å². The Morgan fingerprint density at radius 2 is 1.97 bits per heavy atom. The minimum atomic E-state index is -0.0662. The molecule has 0 saturated carbocycles. The molecule has 0 saturated heterocycles. The number of ether oxygens (including phenoxy) is 2. The van der Waals surface area contributed by atoms with Crippen molar-refractivity contribution in [1.29, 1.82) is 0 Å². The first-order valence-corrected chi connectivity index (χ1v) is 11.4. The second-order valence-corrected chi connectivity index (χ2v) is 9.06. The first kappa shape index (κ1) is 19.3. The summed E-state index contributed by atoms with van der Waals surface area (Å²) in [5.74, 6) is 2.21. The second-order valence-electron chi connectivity index (χ2n) is 7.26. The maximum Gasteiger partial charge on any atom is 0.260 e. The van der Waals surface area contributed by atoms with E-state index in [1.807, 2.05) is 29.0 Å². The topological polar surface area (TPSA) is 67.5 Å². The minimum Gasteiger partial charge on any atom is -0.493 e. The molecule has 1 aromatic carbocycles. The van der Waals surface area contributed by atoms with Gasteiger partial charge in [0.15, 0.2) is 11.5 Å². The zero-order chi connectivity index (χ0) is 20.7. The monoisotopic (exact) mass is 439 g/mol. The molecule has 0 fully saturated rings. The smallest absolute Gasteiger partial charge is 0.260 e. The van der Waals surface area contributed by atoms with Gasteiger partial charge in [-0.05, 0) is 41.1 Å². The molecule has 0 aliphatic carbocycles. The number of nitrogens with one attached hydrogen (secondary N) is 1. The Morgan fingerprint density at radius 3 is 2.70 bits per heavy atom. The Morgan fingerprint density at radius 1 is 1.17 bits per heavy atom. The summed E-state index contributed by atoms with van der Waals surface area (Å²) in [6, 6.07) is 8.15. The Balaban J connectivity index is 1.41. The van der Waals surface area contributed by atoms with E-state index in [-0.39, 0.29) is 5.56 Å². The number of aromatic nitrogens is 2. The Labute approximate surface area is 181 Å². The molecule has 0 spiro atoms. The normalized spacial score (nSPS) is 14.1. The van der Waals surface area contributed by atoms with E-state index < -0.39 is 0 Å². The van der Waals surface area contributed by atoms with Crippen molar-refractivity contribution < 1.29 is 9.47 Å². The fourth-order valence-electron chi connectivity index (χ4n) is 3.97. The van der Waals surface area contributed by atoms with E-state index in [0.717, 1.165) is 46.3 Å². The van der Waals surface area contributed by atoms with Gasteiger partial charge in [0.05, 0.1) is 26.2 Å². The molecular weight excluding hydrogens is 418 g/mol. The molecule has 4 aromatic rings. The van der Waals surface area contributed by atoms with Gasteiger partial charge >= 0.3 is 0 Å². The quantitative estimate of drug-likeness (QED) is 0.503. The lowest BCUT2D eigenvalue weighted by molar-refractivity contribution is 0.238. The average Bonchev–Trinajstić information content (AvgIpc) is 3.42. The summed E-state index contributed by atoms with van der Waals surface area (Å²) in [5, 5.41) is 4.74. The second kappa shape index (κ2) is 7.86. The Bertz CT molecular complexity index is 1260. The number of benzene rings is 1. The standard InChI is InChI=1S/C22H21N3O3S2/c1-27-16-8-13-5-6-25(10-14(13)9-17(16)28-2)11-19-23-21(26)20-15(12-30-22(20)24-19)18-4-3-7-29-18/h3-4,7-9,12H,5-6,10-11H2,1-2H3,(H,23,24,26). The lowest BCUT2D eigenvalue weighted by Crippen LogP contribution is -2.31. The van der Waals surface area contributed by atoms with E-state index in [0.29, 0.717) is 17.8 Å². The van der Waals surface area contributed by atoms with Crippen LogP contribution in [0.4, 0.5) is 0 Å². The fourth-order valence-corrected chi connectivity index (χ4v) is 5.75. The fraction of sp³-hybridized carbons (Fsp3) is 0.273. The first-order chi connectivity index (χ1) is 14.7. The summed E-state index contributed by atoms with van der Waals surface area (Å²) in [5.41, 5.74) is 3.40. The summed E-state index contributed by atoms with van der Waals surface area (Å²) in [6.07, 6.45) is 0.920. The van der Waals surface area contributed by atoms with Gasteiger partial charge in [-0.3, -0.25) is 9.69 Å². The van der Waals surface area contributed by atoms with E-state index in [9.17, 15) is 4.79 Å². The van der Waals surface area contributed by atoms with Crippen LogP contribution in [-0.4, -0.2) is 35.6 Å². The predicted molar refractivity (Wildman–Crippen MR) is 121 cm³/mol. The molecule has 154 valence electrons. The molecule has 0 amide bonds. The highest BCUT2D eigenvalue weighted by Gasteiger charge is 2.21. The summed E-state index contributed by atoms with van der Waals surface area (Å²) < 4.78 is 10.9. The Hall–Kier alpha value is -2.68. The number of rotatable bonds is 5. The number of nitrogens with zero attached hydrogens (tertiary/aromatic N) is 2. The van der Waals surface area contributed by atoms with Crippen molar-refractivity contribution in [3.05, 3.63) is 62.3 Å². The number of aromatic amines is 1. The lowest BCUT2D eigenvalue weighted by atomic mass is 9.99. The summed E-state index contributed by atoms with van der Waals surface area (Å²) in [7, 11) is 3.31. The van der Waals surface area contributed by atoms with Gasteiger partial charge in [0.1, 0.15) is 10.7 Å². The zero-order valence-electron chi connectivity index (χ0n) is 16.7. The molecule has 4 heterocycles. The third-order valence-electron chi connectivity index (χ3n) is 5.45. The zero-order valence-corrected chi connectivity index (χ0v) is 18.4. The third kappa shape index (κ3) is 3.40. The first-order valence-electron chi connectivity index (χ1n) is 9.66. The number of thiophene rings is 2. The van der Waals surface area contributed by atoms with Crippen LogP contribution in [-0.2, 0) is 19.5 Å². The van der Waals surface area contributed by atoms with Gasteiger partial charge in [0.2, 0.25) is 0 Å².